The average Bonchev–Trinajstić information content (AvgIpc) is 2.74. The van der Waals surface area contributed by atoms with Gasteiger partial charge in [-0.3, -0.25) is 4.28 Å². The van der Waals surface area contributed by atoms with E-state index >= 15 is 0 Å². The van der Waals surface area contributed by atoms with E-state index in [0.717, 1.165) is 0 Å². The molecule has 3 aromatic rings. The number of hydrogen-bond donors (Lipinski definition) is 0. The largest absolute Gasteiger partial charge is 0.489 e. The predicted octanol–water partition coefficient (Wildman–Crippen LogP) is 5.17. The molecule has 1 aliphatic heterocycles. The molecule has 0 radical (unpaired) electrons. The number of fused-ring (bicyclic) bond motifs is 1. The SMILES string of the molecule is O=S(=O)(Cc1ccccc1)ON=C1CCOc2c(Oc3ccc(Cl)cc3)cccc21. The van der Waals surface area contributed by atoms with Crippen molar-refractivity contribution in [1.82, 2.24) is 0 Å². The van der Waals surface area contributed by atoms with Crippen LogP contribution in [0.25, 0.3) is 0 Å². The third-order valence-electron chi connectivity index (χ3n) is 4.36. The molecule has 154 valence electrons. The minimum Gasteiger partial charge on any atom is -0.489 e. The van der Waals surface area contributed by atoms with Gasteiger partial charge in [0, 0.05) is 17.0 Å². The Hall–Kier alpha value is -3.03. The van der Waals surface area contributed by atoms with Crippen LogP contribution in [0.15, 0.2) is 78.0 Å². The Morgan fingerprint density at radius 1 is 0.967 bits per heavy atom. The zero-order chi connectivity index (χ0) is 21.0. The van der Waals surface area contributed by atoms with Crippen molar-refractivity contribution in [1.29, 1.82) is 0 Å². The molecule has 1 aliphatic rings. The molecule has 1 heterocycles. The van der Waals surface area contributed by atoms with Crippen LogP contribution in [0.4, 0.5) is 0 Å². The average molecular weight is 444 g/mol. The van der Waals surface area contributed by atoms with Crippen molar-refractivity contribution < 1.29 is 22.2 Å². The van der Waals surface area contributed by atoms with Gasteiger partial charge in [0.25, 0.3) is 0 Å². The molecule has 4 rings (SSSR count). The van der Waals surface area contributed by atoms with Crippen molar-refractivity contribution in [3.8, 4) is 17.2 Å². The normalized spacial score (nSPS) is 14.6. The fourth-order valence-corrected chi connectivity index (χ4v) is 3.97. The Labute approximate surface area is 179 Å². The summed E-state index contributed by atoms with van der Waals surface area (Å²) in [5.74, 6) is 1.33. The number of rotatable bonds is 6. The molecule has 3 aromatic carbocycles. The zero-order valence-electron chi connectivity index (χ0n) is 15.8. The predicted molar refractivity (Wildman–Crippen MR) is 115 cm³/mol. The molecule has 0 unspecified atom stereocenters. The van der Waals surface area contributed by atoms with Crippen LogP contribution in [0, 0.1) is 0 Å². The molecule has 6 nitrogen and oxygen atoms in total. The lowest BCUT2D eigenvalue weighted by Gasteiger charge is -2.21. The van der Waals surface area contributed by atoms with Gasteiger partial charge in [0.05, 0.1) is 12.3 Å². The van der Waals surface area contributed by atoms with E-state index in [1.165, 1.54) is 0 Å². The van der Waals surface area contributed by atoms with Crippen LogP contribution in [0.2, 0.25) is 5.02 Å². The lowest BCUT2D eigenvalue weighted by atomic mass is 10.0. The van der Waals surface area contributed by atoms with Gasteiger partial charge in [-0.2, -0.15) is 8.42 Å². The minimum absolute atomic E-state index is 0.256. The Morgan fingerprint density at radius 3 is 2.50 bits per heavy atom. The van der Waals surface area contributed by atoms with Crippen molar-refractivity contribution in [3.05, 3.63) is 88.9 Å². The van der Waals surface area contributed by atoms with Crippen LogP contribution in [-0.4, -0.2) is 20.7 Å². The second-order valence-electron chi connectivity index (χ2n) is 6.59. The summed E-state index contributed by atoms with van der Waals surface area (Å²) < 4.78 is 41.2. The van der Waals surface area contributed by atoms with Gasteiger partial charge in [0.15, 0.2) is 11.5 Å². The molecule has 0 aliphatic carbocycles. The summed E-state index contributed by atoms with van der Waals surface area (Å²) in [5, 5.41) is 4.54. The van der Waals surface area contributed by atoms with Crippen LogP contribution >= 0.6 is 11.6 Å². The molecule has 0 fully saturated rings. The van der Waals surface area contributed by atoms with Gasteiger partial charge in [0.2, 0.25) is 0 Å². The Bertz CT molecular complexity index is 1160. The van der Waals surface area contributed by atoms with Crippen molar-refractivity contribution in [2.24, 2.45) is 5.16 Å². The lowest BCUT2D eigenvalue weighted by molar-refractivity contribution is 0.296. The number of benzene rings is 3. The van der Waals surface area contributed by atoms with Gasteiger partial charge in [0.1, 0.15) is 11.5 Å². The fourth-order valence-electron chi connectivity index (χ4n) is 2.99. The van der Waals surface area contributed by atoms with Gasteiger partial charge >= 0.3 is 10.1 Å². The number of hydrogen-bond acceptors (Lipinski definition) is 6. The molecular weight excluding hydrogens is 426 g/mol. The van der Waals surface area contributed by atoms with Crippen molar-refractivity contribution in [2.45, 2.75) is 12.2 Å². The second kappa shape index (κ2) is 8.77. The number of para-hydroxylation sites is 1. The second-order valence-corrected chi connectivity index (χ2v) is 8.58. The smallest absolute Gasteiger partial charge is 0.332 e. The molecule has 0 saturated heterocycles. The van der Waals surface area contributed by atoms with Crippen LogP contribution < -0.4 is 9.47 Å². The van der Waals surface area contributed by atoms with Crippen molar-refractivity contribution in [2.75, 3.05) is 6.61 Å². The Balaban J connectivity index is 1.55. The van der Waals surface area contributed by atoms with Gasteiger partial charge in [-0.1, -0.05) is 53.2 Å². The monoisotopic (exact) mass is 443 g/mol. The molecule has 30 heavy (non-hydrogen) atoms. The standard InChI is InChI=1S/C22H18ClNO5S/c23-17-9-11-18(12-10-17)28-21-8-4-7-19-20(13-14-27-22(19)21)24-29-30(25,26)15-16-5-2-1-3-6-16/h1-12H,13-15H2. The van der Waals surface area contributed by atoms with E-state index in [4.69, 9.17) is 25.4 Å². The first-order valence-corrected chi connectivity index (χ1v) is 11.2. The Kier molecular flexibility index (Phi) is 5.92. The minimum atomic E-state index is -3.87. The molecule has 0 bridgehead atoms. The first-order valence-electron chi connectivity index (χ1n) is 9.22. The van der Waals surface area contributed by atoms with E-state index in [1.54, 1.807) is 66.7 Å². The maximum Gasteiger partial charge on any atom is 0.332 e. The highest BCUT2D eigenvalue weighted by Crippen LogP contribution is 2.38. The van der Waals surface area contributed by atoms with E-state index in [-0.39, 0.29) is 5.75 Å². The molecule has 0 spiro atoms. The van der Waals surface area contributed by atoms with Gasteiger partial charge in [-0.25, -0.2) is 0 Å². The third-order valence-corrected chi connectivity index (χ3v) is 5.60. The molecule has 0 N–H and O–H groups in total. The molecule has 0 amide bonds. The summed E-state index contributed by atoms with van der Waals surface area (Å²) in [6.45, 7) is 0.328. The number of oxime groups is 1. The molecule has 0 aromatic heterocycles. The highest BCUT2D eigenvalue weighted by Gasteiger charge is 2.23. The van der Waals surface area contributed by atoms with E-state index in [2.05, 4.69) is 5.16 Å². The topological polar surface area (TPSA) is 74.2 Å². The maximum atomic E-state index is 12.3. The lowest BCUT2D eigenvalue weighted by Crippen LogP contribution is -2.18. The number of ether oxygens (including phenoxy) is 2. The molecule has 8 heteroatoms. The maximum absolute atomic E-state index is 12.3. The van der Waals surface area contributed by atoms with E-state index < -0.39 is 10.1 Å². The highest BCUT2D eigenvalue weighted by molar-refractivity contribution is 7.85. The van der Waals surface area contributed by atoms with Crippen LogP contribution in [-0.2, 0) is 20.2 Å². The van der Waals surface area contributed by atoms with Gasteiger partial charge in [-0.05, 0) is 42.0 Å². The highest BCUT2D eigenvalue weighted by atomic mass is 35.5. The van der Waals surface area contributed by atoms with Gasteiger partial charge < -0.3 is 9.47 Å². The molecular formula is C22H18ClNO5S. The summed E-state index contributed by atoms with van der Waals surface area (Å²) in [6.07, 6.45) is 0.415. The van der Waals surface area contributed by atoms with Gasteiger partial charge in [-0.15, -0.1) is 0 Å². The van der Waals surface area contributed by atoms with E-state index in [0.29, 0.717) is 52.1 Å². The van der Waals surface area contributed by atoms with Crippen LogP contribution in [0.5, 0.6) is 17.2 Å². The zero-order valence-corrected chi connectivity index (χ0v) is 17.4. The van der Waals surface area contributed by atoms with Crippen molar-refractivity contribution >= 4 is 27.4 Å². The molecule has 0 saturated carbocycles. The summed E-state index contributed by atoms with van der Waals surface area (Å²) in [7, 11) is -3.87. The fraction of sp³-hybridized carbons (Fsp3) is 0.136. The van der Waals surface area contributed by atoms with E-state index in [9.17, 15) is 8.42 Å². The first-order chi connectivity index (χ1) is 14.5. The summed E-state index contributed by atoms with van der Waals surface area (Å²) in [4.78, 5) is 0. The quantitative estimate of drug-likeness (QED) is 0.491. The Morgan fingerprint density at radius 2 is 1.73 bits per heavy atom. The summed E-state index contributed by atoms with van der Waals surface area (Å²) in [6, 6.07) is 21.1. The third kappa shape index (κ3) is 4.93. The van der Waals surface area contributed by atoms with E-state index in [1.807, 2.05) is 6.07 Å². The number of nitrogens with zero attached hydrogens (tertiary/aromatic N) is 1. The van der Waals surface area contributed by atoms with Crippen LogP contribution in [0.1, 0.15) is 17.5 Å². The first kappa shape index (κ1) is 20.3. The van der Waals surface area contributed by atoms with Crippen molar-refractivity contribution in [3.63, 3.8) is 0 Å². The summed E-state index contributed by atoms with van der Waals surface area (Å²) >= 11 is 5.91. The molecule has 0 atom stereocenters. The number of halogens is 1. The summed E-state index contributed by atoms with van der Waals surface area (Å²) in [5.41, 5.74) is 1.74. The van der Waals surface area contributed by atoms with Crippen LogP contribution in [0.3, 0.4) is 0 Å².